The van der Waals surface area contributed by atoms with E-state index in [0.717, 1.165) is 45.4 Å². The fraction of sp³-hybridized carbons (Fsp3) is 0.467. The molecule has 4 nitrogen and oxygen atoms in total. The van der Waals surface area contributed by atoms with Crippen LogP contribution >= 0.6 is 31.9 Å². The summed E-state index contributed by atoms with van der Waals surface area (Å²) in [6.07, 6.45) is 1.88. The normalized spacial score (nSPS) is 12.6. The lowest BCUT2D eigenvalue weighted by molar-refractivity contribution is 0.520. The lowest BCUT2D eigenvalue weighted by Crippen LogP contribution is -2.21. The van der Waals surface area contributed by atoms with Crippen molar-refractivity contribution in [3.05, 3.63) is 38.5 Å². The van der Waals surface area contributed by atoms with Crippen LogP contribution in [0.3, 0.4) is 0 Å². The van der Waals surface area contributed by atoms with Gasteiger partial charge in [-0.1, -0.05) is 32.1 Å². The van der Waals surface area contributed by atoms with Crippen molar-refractivity contribution in [1.82, 2.24) is 20.3 Å². The fourth-order valence-corrected chi connectivity index (χ4v) is 3.80. The maximum atomic E-state index is 4.44. The average molecular weight is 416 g/mol. The molecule has 0 aliphatic heterocycles. The van der Waals surface area contributed by atoms with E-state index >= 15 is 0 Å². The Balaban J connectivity index is 2.54. The summed E-state index contributed by atoms with van der Waals surface area (Å²) in [4.78, 5) is 0. The zero-order valence-corrected chi connectivity index (χ0v) is 15.7. The molecule has 2 rings (SSSR count). The van der Waals surface area contributed by atoms with E-state index < -0.39 is 0 Å². The molecule has 2 aromatic rings. The Labute approximate surface area is 142 Å². The lowest BCUT2D eigenvalue weighted by Gasteiger charge is -2.15. The van der Waals surface area contributed by atoms with E-state index in [0.29, 0.717) is 0 Å². The quantitative estimate of drug-likeness (QED) is 0.759. The van der Waals surface area contributed by atoms with Crippen LogP contribution in [-0.2, 0) is 6.42 Å². The molecular formula is C15H20Br2N4. The molecule has 0 aliphatic carbocycles. The highest BCUT2D eigenvalue weighted by molar-refractivity contribution is 9.11. The highest BCUT2D eigenvalue weighted by Gasteiger charge is 2.21. The van der Waals surface area contributed by atoms with Gasteiger partial charge >= 0.3 is 0 Å². The van der Waals surface area contributed by atoms with Crippen molar-refractivity contribution in [2.24, 2.45) is 0 Å². The van der Waals surface area contributed by atoms with E-state index in [1.165, 1.54) is 0 Å². The third-order valence-electron chi connectivity index (χ3n) is 3.47. The SMILES string of the molecule is CCNC(CC)c1nnn(-c2c(Br)cccc2Br)c1CC. The molecule has 6 heteroatoms. The maximum absolute atomic E-state index is 4.44. The minimum Gasteiger partial charge on any atom is -0.309 e. The van der Waals surface area contributed by atoms with Gasteiger partial charge in [0.05, 0.1) is 17.4 Å². The molecule has 1 aromatic carbocycles. The van der Waals surface area contributed by atoms with Crippen molar-refractivity contribution in [3.63, 3.8) is 0 Å². The first kappa shape index (κ1) is 16.6. The van der Waals surface area contributed by atoms with Gasteiger partial charge in [0.25, 0.3) is 0 Å². The van der Waals surface area contributed by atoms with Crippen LogP contribution in [0.1, 0.15) is 44.6 Å². The third kappa shape index (κ3) is 3.38. The van der Waals surface area contributed by atoms with Crippen LogP contribution in [0, 0.1) is 0 Å². The van der Waals surface area contributed by atoms with Gasteiger partial charge in [-0.15, -0.1) is 5.10 Å². The first-order valence-electron chi connectivity index (χ1n) is 7.26. The molecule has 21 heavy (non-hydrogen) atoms. The number of aromatic nitrogens is 3. The largest absolute Gasteiger partial charge is 0.309 e. The molecule has 1 atom stereocenters. The summed E-state index contributed by atoms with van der Waals surface area (Å²) in [5.74, 6) is 0. The summed E-state index contributed by atoms with van der Waals surface area (Å²) in [6.45, 7) is 7.35. The highest BCUT2D eigenvalue weighted by Crippen LogP contribution is 2.31. The predicted molar refractivity (Wildman–Crippen MR) is 92.8 cm³/mol. The number of para-hydroxylation sites is 1. The van der Waals surface area contributed by atoms with Gasteiger partial charge in [0.15, 0.2) is 0 Å². The topological polar surface area (TPSA) is 42.7 Å². The third-order valence-corrected chi connectivity index (χ3v) is 4.75. The molecule has 0 saturated heterocycles. The van der Waals surface area contributed by atoms with Gasteiger partial charge in [0, 0.05) is 8.95 Å². The Bertz CT molecular complexity index is 589. The van der Waals surface area contributed by atoms with Gasteiger partial charge < -0.3 is 5.32 Å². The predicted octanol–water partition coefficient (Wildman–Crippen LogP) is 4.42. The first-order chi connectivity index (χ1) is 10.1. The van der Waals surface area contributed by atoms with Gasteiger partial charge in [-0.05, 0) is 63.4 Å². The Morgan fingerprint density at radius 1 is 1.19 bits per heavy atom. The zero-order valence-electron chi connectivity index (χ0n) is 12.5. The Kier molecular flexibility index (Phi) is 5.96. The van der Waals surface area contributed by atoms with Crippen molar-refractivity contribution in [3.8, 4) is 5.69 Å². The standard InChI is InChI=1S/C15H20Br2N4/c1-4-12(18-6-3)14-13(5-2)21(20-19-14)15-10(16)8-7-9-11(15)17/h7-9,12,18H,4-6H2,1-3H3. The van der Waals surface area contributed by atoms with Gasteiger partial charge in [-0.2, -0.15) is 0 Å². The first-order valence-corrected chi connectivity index (χ1v) is 8.84. The summed E-state index contributed by atoms with van der Waals surface area (Å²) in [7, 11) is 0. The minimum atomic E-state index is 0.250. The van der Waals surface area contributed by atoms with E-state index in [2.05, 4.69) is 68.3 Å². The van der Waals surface area contributed by atoms with Crippen molar-refractivity contribution in [2.45, 2.75) is 39.7 Å². The molecule has 0 saturated carbocycles. The number of nitrogens with zero attached hydrogens (tertiary/aromatic N) is 3. The molecule has 1 unspecified atom stereocenters. The van der Waals surface area contributed by atoms with Crippen molar-refractivity contribution in [1.29, 1.82) is 0 Å². The van der Waals surface area contributed by atoms with E-state index in [9.17, 15) is 0 Å². The van der Waals surface area contributed by atoms with Crippen molar-refractivity contribution in [2.75, 3.05) is 6.54 Å². The molecule has 1 heterocycles. The fourth-order valence-electron chi connectivity index (χ4n) is 2.47. The van der Waals surface area contributed by atoms with Gasteiger partial charge in [-0.3, -0.25) is 0 Å². The number of hydrogen-bond acceptors (Lipinski definition) is 3. The summed E-state index contributed by atoms with van der Waals surface area (Å²) in [5, 5.41) is 12.3. The van der Waals surface area contributed by atoms with Crippen LogP contribution in [0.4, 0.5) is 0 Å². The van der Waals surface area contributed by atoms with E-state index in [4.69, 9.17) is 0 Å². The van der Waals surface area contributed by atoms with Gasteiger partial charge in [0.2, 0.25) is 0 Å². The Morgan fingerprint density at radius 3 is 2.38 bits per heavy atom. The summed E-state index contributed by atoms with van der Waals surface area (Å²) >= 11 is 7.21. The van der Waals surface area contributed by atoms with Crippen LogP contribution in [-0.4, -0.2) is 21.5 Å². The zero-order chi connectivity index (χ0) is 15.4. The second-order valence-electron chi connectivity index (χ2n) is 4.78. The van der Waals surface area contributed by atoms with E-state index in [-0.39, 0.29) is 6.04 Å². The van der Waals surface area contributed by atoms with Crippen molar-refractivity contribution >= 4 is 31.9 Å². The number of halogens is 2. The molecule has 1 N–H and O–H groups in total. The Hall–Kier alpha value is -0.720. The second-order valence-corrected chi connectivity index (χ2v) is 6.48. The molecular weight excluding hydrogens is 396 g/mol. The van der Waals surface area contributed by atoms with Gasteiger partial charge in [-0.25, -0.2) is 4.68 Å². The number of hydrogen-bond donors (Lipinski definition) is 1. The maximum Gasteiger partial charge on any atom is 0.103 e. The summed E-state index contributed by atoms with van der Waals surface area (Å²) in [6, 6.07) is 6.28. The van der Waals surface area contributed by atoms with Crippen LogP contribution in [0.2, 0.25) is 0 Å². The summed E-state index contributed by atoms with van der Waals surface area (Å²) < 4.78 is 3.93. The molecule has 1 aromatic heterocycles. The summed E-state index contributed by atoms with van der Waals surface area (Å²) in [5.41, 5.74) is 3.19. The molecule has 0 aliphatic rings. The van der Waals surface area contributed by atoms with Crippen molar-refractivity contribution < 1.29 is 0 Å². The second kappa shape index (κ2) is 7.51. The average Bonchev–Trinajstić information content (AvgIpc) is 2.88. The molecule has 114 valence electrons. The minimum absolute atomic E-state index is 0.250. The number of rotatable bonds is 6. The molecule has 0 radical (unpaired) electrons. The van der Waals surface area contributed by atoms with Gasteiger partial charge in [0.1, 0.15) is 5.69 Å². The number of nitrogens with one attached hydrogen (secondary N) is 1. The highest BCUT2D eigenvalue weighted by atomic mass is 79.9. The van der Waals surface area contributed by atoms with Crippen LogP contribution < -0.4 is 5.32 Å². The number of benzene rings is 1. The van der Waals surface area contributed by atoms with E-state index in [1.807, 2.05) is 22.9 Å². The smallest absolute Gasteiger partial charge is 0.103 e. The van der Waals surface area contributed by atoms with Crippen LogP contribution in [0.25, 0.3) is 5.69 Å². The monoisotopic (exact) mass is 414 g/mol. The molecule has 0 fully saturated rings. The van der Waals surface area contributed by atoms with Crippen LogP contribution in [0.5, 0.6) is 0 Å². The molecule has 0 bridgehead atoms. The molecule has 0 amide bonds. The van der Waals surface area contributed by atoms with Crippen LogP contribution in [0.15, 0.2) is 27.1 Å². The molecule has 0 spiro atoms. The Morgan fingerprint density at radius 2 is 1.86 bits per heavy atom. The van der Waals surface area contributed by atoms with E-state index in [1.54, 1.807) is 0 Å². The lowest BCUT2D eigenvalue weighted by atomic mass is 10.1.